The Labute approximate surface area is 364 Å². The highest BCUT2D eigenvalue weighted by Crippen LogP contribution is 2.31. The zero-order valence-corrected chi connectivity index (χ0v) is 38.5. The minimum absolute atomic E-state index is 0.00701. The Morgan fingerprint density at radius 1 is 0.869 bits per heavy atom. The molecule has 3 N–H and O–H groups in total. The Kier molecular flexibility index (Phi) is 20.4. The van der Waals surface area contributed by atoms with E-state index in [1.165, 1.54) is 7.11 Å². The topological polar surface area (TPSA) is 166 Å². The van der Waals surface area contributed by atoms with Gasteiger partial charge in [-0.1, -0.05) is 97.4 Å². The Balaban J connectivity index is 1.76. The number of hydrogen-bond donors (Lipinski definition) is 3. The Morgan fingerprint density at radius 2 is 1.51 bits per heavy atom. The van der Waals surface area contributed by atoms with E-state index in [4.69, 9.17) is 9.47 Å². The van der Waals surface area contributed by atoms with E-state index in [0.29, 0.717) is 32.4 Å². The van der Waals surface area contributed by atoms with E-state index < -0.39 is 60.1 Å². The molecule has 340 valence electrons. The van der Waals surface area contributed by atoms with Crippen LogP contribution in [0.1, 0.15) is 91.7 Å². The third-order valence-corrected chi connectivity index (χ3v) is 12.8. The number of nitrogens with zero attached hydrogens (tertiary/aromatic N) is 3. The third kappa shape index (κ3) is 14.1. The van der Waals surface area contributed by atoms with Crippen LogP contribution in [0.2, 0.25) is 0 Å². The molecule has 3 rings (SSSR count). The molecule has 0 radical (unpaired) electrons. The Morgan fingerprint density at radius 3 is 2.05 bits per heavy atom. The first-order valence-corrected chi connectivity index (χ1v) is 22.1. The van der Waals surface area contributed by atoms with E-state index in [0.717, 1.165) is 17.5 Å². The normalized spacial score (nSPS) is 18.3. The minimum Gasteiger partial charge on any atom is -0.508 e. The highest BCUT2D eigenvalue weighted by molar-refractivity contribution is 5.90. The standard InChI is InChI=1S/C48H74N4O9/c1-12-32(6)44(51(9)47(57)37(30(2)3)28-40(54)43(31(4)5)50(8)26-24-34-20-22-36(53)23-21-34)41(60-10)29-42(55)52-25-16-19-39(52)45(61-11)33(7)46(56)49-38(48(58)59)27-35-17-14-13-15-18-35/h13-15,17-18,20-23,30-33,37-39,41,43-45,53H,12,16,19,24-29H2,1-11H3,(H,49,56)(H,58,59)/t32-,33+,37-,38-,39-,41+,43-,44-,45+/m0/s1. The summed E-state index contributed by atoms with van der Waals surface area (Å²) in [5.74, 6) is -3.26. The summed E-state index contributed by atoms with van der Waals surface area (Å²) in [6.45, 7) is 14.8. The second kappa shape index (κ2) is 24.3. The van der Waals surface area contributed by atoms with Crippen molar-refractivity contribution in [2.24, 2.45) is 29.6 Å². The highest BCUT2D eigenvalue weighted by atomic mass is 16.5. The lowest BCUT2D eigenvalue weighted by Crippen LogP contribution is -2.55. The van der Waals surface area contributed by atoms with E-state index in [1.54, 1.807) is 43.0 Å². The molecule has 2 aromatic carbocycles. The van der Waals surface area contributed by atoms with Gasteiger partial charge in [0, 0.05) is 53.1 Å². The van der Waals surface area contributed by atoms with Crippen molar-refractivity contribution in [1.29, 1.82) is 0 Å². The molecular formula is C48H74N4O9. The van der Waals surface area contributed by atoms with Gasteiger partial charge < -0.3 is 34.8 Å². The second-order valence-electron chi connectivity index (χ2n) is 17.8. The molecule has 61 heavy (non-hydrogen) atoms. The molecular weight excluding hydrogens is 777 g/mol. The van der Waals surface area contributed by atoms with Crippen LogP contribution in [0.5, 0.6) is 5.75 Å². The molecule has 0 bridgehead atoms. The van der Waals surface area contributed by atoms with Crippen molar-refractivity contribution in [1.82, 2.24) is 20.0 Å². The molecule has 2 aromatic rings. The van der Waals surface area contributed by atoms with Crippen LogP contribution in [0.25, 0.3) is 0 Å². The number of phenols is 1. The fourth-order valence-corrected chi connectivity index (χ4v) is 9.10. The molecule has 0 spiro atoms. The zero-order chi connectivity index (χ0) is 45.6. The van der Waals surface area contributed by atoms with Gasteiger partial charge in [0.25, 0.3) is 0 Å². The van der Waals surface area contributed by atoms with Crippen molar-refractivity contribution in [3.63, 3.8) is 0 Å². The number of nitrogens with one attached hydrogen (secondary N) is 1. The number of likely N-dealkylation sites (N-methyl/N-ethyl adjacent to an activating group) is 2. The fraction of sp³-hybridized carbons (Fsp3) is 0.646. The van der Waals surface area contributed by atoms with Crippen LogP contribution in [0.15, 0.2) is 54.6 Å². The lowest BCUT2D eigenvalue weighted by molar-refractivity contribution is -0.149. The third-order valence-electron chi connectivity index (χ3n) is 12.8. The Hall–Kier alpha value is -4.33. The fourth-order valence-electron chi connectivity index (χ4n) is 9.10. The molecule has 0 unspecified atom stereocenters. The molecule has 9 atom stereocenters. The average Bonchev–Trinajstić information content (AvgIpc) is 3.71. The molecule has 1 aliphatic rings. The number of hydrogen-bond acceptors (Lipinski definition) is 9. The molecule has 1 saturated heterocycles. The van der Waals surface area contributed by atoms with Crippen molar-refractivity contribution < 1.29 is 43.7 Å². The number of amides is 3. The van der Waals surface area contributed by atoms with Crippen molar-refractivity contribution in [3.05, 3.63) is 65.7 Å². The van der Waals surface area contributed by atoms with Gasteiger partial charge in [-0.2, -0.15) is 0 Å². The quantitative estimate of drug-likeness (QED) is 0.110. The number of carbonyl (C=O) groups is 5. The lowest BCUT2D eigenvalue weighted by atomic mass is 9.83. The van der Waals surface area contributed by atoms with Crippen molar-refractivity contribution in [2.75, 3.05) is 41.4 Å². The zero-order valence-electron chi connectivity index (χ0n) is 38.5. The first kappa shape index (κ1) is 51.0. The van der Waals surface area contributed by atoms with Gasteiger partial charge in [-0.05, 0) is 67.3 Å². The number of aliphatic carboxylic acids is 1. The molecule has 0 aromatic heterocycles. The number of rotatable bonds is 25. The summed E-state index contributed by atoms with van der Waals surface area (Å²) in [6.07, 6.45) is 1.57. The van der Waals surface area contributed by atoms with E-state index in [9.17, 15) is 34.2 Å². The van der Waals surface area contributed by atoms with Crippen LogP contribution in [0, 0.1) is 29.6 Å². The van der Waals surface area contributed by atoms with Crippen LogP contribution in [-0.4, -0.2) is 132 Å². The van der Waals surface area contributed by atoms with Crippen molar-refractivity contribution in [3.8, 4) is 5.75 Å². The molecule has 13 heteroatoms. The lowest BCUT2D eigenvalue weighted by Gasteiger charge is -2.41. The number of Topliss-reactive ketones (excluding diaryl/α,β-unsaturated/α-hetero) is 1. The van der Waals surface area contributed by atoms with Crippen LogP contribution < -0.4 is 5.32 Å². The number of ether oxygens (including phenoxy) is 2. The van der Waals surface area contributed by atoms with Crippen molar-refractivity contribution in [2.45, 2.75) is 130 Å². The molecule has 13 nitrogen and oxygen atoms in total. The predicted octanol–water partition coefficient (Wildman–Crippen LogP) is 5.85. The van der Waals surface area contributed by atoms with Gasteiger partial charge in [-0.25, -0.2) is 4.79 Å². The summed E-state index contributed by atoms with van der Waals surface area (Å²) < 4.78 is 12.0. The first-order chi connectivity index (χ1) is 28.9. The second-order valence-corrected chi connectivity index (χ2v) is 17.8. The van der Waals surface area contributed by atoms with E-state index in [1.807, 2.05) is 91.1 Å². The van der Waals surface area contributed by atoms with E-state index in [2.05, 4.69) is 10.2 Å². The van der Waals surface area contributed by atoms with Crippen molar-refractivity contribution >= 4 is 29.5 Å². The average molecular weight is 851 g/mol. The SMILES string of the molecule is CC[C@H](C)[C@@H]([C@@H](CC(=O)N1CCC[C@H]1[C@H](OC)[C@@H](C)C(=O)N[C@@H](Cc1ccccc1)C(=O)O)OC)N(C)C(=O)[C@@H](CC(=O)[C@H](C(C)C)N(C)CCc1ccc(O)cc1)C(C)C. The van der Waals surface area contributed by atoms with E-state index >= 15 is 0 Å². The number of ketones is 1. The summed E-state index contributed by atoms with van der Waals surface area (Å²) in [7, 11) is 6.75. The minimum atomic E-state index is -1.14. The van der Waals surface area contributed by atoms with Crippen LogP contribution >= 0.6 is 0 Å². The van der Waals surface area contributed by atoms with E-state index in [-0.39, 0.29) is 60.4 Å². The largest absolute Gasteiger partial charge is 0.508 e. The van der Waals surface area contributed by atoms with Gasteiger partial charge in [-0.15, -0.1) is 0 Å². The molecule has 1 fully saturated rings. The molecule has 3 amide bonds. The number of methoxy groups -OCH3 is 2. The summed E-state index contributed by atoms with van der Waals surface area (Å²) >= 11 is 0. The number of phenolic OH excluding ortho intramolecular Hbond substituents is 1. The van der Waals surface area contributed by atoms with Gasteiger partial charge in [0.05, 0.1) is 42.7 Å². The van der Waals surface area contributed by atoms with Gasteiger partial charge in [-0.3, -0.25) is 24.1 Å². The van der Waals surface area contributed by atoms with Gasteiger partial charge >= 0.3 is 5.97 Å². The van der Waals surface area contributed by atoms with Crippen LogP contribution in [0.4, 0.5) is 0 Å². The summed E-state index contributed by atoms with van der Waals surface area (Å²) in [6, 6.07) is 13.7. The van der Waals surface area contributed by atoms with Crippen LogP contribution in [-0.2, 0) is 46.3 Å². The predicted molar refractivity (Wildman–Crippen MR) is 237 cm³/mol. The maximum absolute atomic E-state index is 14.6. The number of carboxylic acids is 1. The smallest absolute Gasteiger partial charge is 0.326 e. The summed E-state index contributed by atoms with van der Waals surface area (Å²) in [5, 5.41) is 22.3. The number of aromatic hydroxyl groups is 1. The van der Waals surface area contributed by atoms with Gasteiger partial charge in [0.1, 0.15) is 11.8 Å². The number of benzene rings is 2. The number of carbonyl (C=O) groups excluding carboxylic acids is 4. The highest BCUT2D eigenvalue weighted by Gasteiger charge is 2.43. The van der Waals surface area contributed by atoms with Crippen LogP contribution in [0.3, 0.4) is 0 Å². The molecule has 1 aliphatic heterocycles. The maximum Gasteiger partial charge on any atom is 0.326 e. The molecule has 1 heterocycles. The van der Waals surface area contributed by atoms with Gasteiger partial charge in [0.2, 0.25) is 17.7 Å². The molecule has 0 saturated carbocycles. The summed E-state index contributed by atoms with van der Waals surface area (Å²) in [5.41, 5.74) is 1.84. The van der Waals surface area contributed by atoms with Gasteiger partial charge in [0.15, 0.2) is 5.78 Å². The molecule has 0 aliphatic carbocycles. The summed E-state index contributed by atoms with van der Waals surface area (Å²) in [4.78, 5) is 74.3. The Bertz CT molecular complexity index is 1700. The monoisotopic (exact) mass is 851 g/mol. The first-order valence-electron chi connectivity index (χ1n) is 22.1. The maximum atomic E-state index is 14.6. The number of likely N-dealkylation sites (tertiary alicyclic amines) is 1. The number of carboxylic acid groups (broad SMARTS) is 1.